The molecule has 7 heteroatoms. The minimum absolute atomic E-state index is 0.175. The lowest BCUT2D eigenvalue weighted by molar-refractivity contribution is -0.117. The normalized spacial score (nSPS) is 11.8. The molecule has 0 aliphatic heterocycles. The molecule has 0 aliphatic carbocycles. The third-order valence-electron chi connectivity index (χ3n) is 2.82. The van der Waals surface area contributed by atoms with Crippen LogP contribution >= 0.6 is 0 Å². The smallest absolute Gasteiger partial charge is 0.246 e. The molecule has 0 spiro atoms. The topological polar surface area (TPSA) is 102 Å². The van der Waals surface area contributed by atoms with Gasteiger partial charge in [0, 0.05) is 37.1 Å². The van der Waals surface area contributed by atoms with Crippen molar-refractivity contribution in [1.82, 2.24) is 9.78 Å². The average Bonchev–Trinajstić information content (AvgIpc) is 2.84. The van der Waals surface area contributed by atoms with Gasteiger partial charge in [0.25, 0.3) is 0 Å². The lowest BCUT2D eigenvalue weighted by Gasteiger charge is -2.11. The van der Waals surface area contributed by atoms with Gasteiger partial charge in [-0.3, -0.25) is 14.3 Å². The van der Waals surface area contributed by atoms with Crippen LogP contribution in [0.1, 0.15) is 18.5 Å². The van der Waals surface area contributed by atoms with Gasteiger partial charge >= 0.3 is 0 Å². The number of aryl methyl sites for hydroxylation is 1. The van der Waals surface area contributed by atoms with Crippen LogP contribution in [0.3, 0.4) is 0 Å². The fourth-order valence-corrected chi connectivity index (χ4v) is 1.85. The number of nitrogens with two attached hydrogens (primary N) is 1. The monoisotopic (exact) mass is 287 g/mol. The maximum Gasteiger partial charge on any atom is 0.246 e. The molecule has 7 nitrogen and oxygen atoms in total. The molecule has 0 bridgehead atoms. The van der Waals surface area contributed by atoms with Crippen molar-refractivity contribution < 1.29 is 9.59 Å². The molecule has 0 saturated heterocycles. The van der Waals surface area contributed by atoms with Crippen molar-refractivity contribution >= 4 is 23.2 Å². The van der Waals surface area contributed by atoms with Crippen LogP contribution in [0.15, 0.2) is 36.7 Å². The molecular weight excluding hydrogens is 270 g/mol. The molecule has 21 heavy (non-hydrogen) atoms. The minimum atomic E-state index is -0.803. The molecule has 0 fully saturated rings. The SMILES string of the molecule is CC(=O)Nc1cccc(NC(=O)C(N)c2cnn(C)c2)c1. The van der Waals surface area contributed by atoms with E-state index in [-0.39, 0.29) is 11.8 Å². The van der Waals surface area contributed by atoms with Crippen LogP contribution in [-0.2, 0) is 16.6 Å². The molecule has 1 unspecified atom stereocenters. The van der Waals surface area contributed by atoms with Gasteiger partial charge in [0.1, 0.15) is 6.04 Å². The number of amides is 2. The fourth-order valence-electron chi connectivity index (χ4n) is 1.85. The Bertz CT molecular complexity index is 665. The second kappa shape index (κ2) is 6.19. The van der Waals surface area contributed by atoms with E-state index in [2.05, 4.69) is 15.7 Å². The highest BCUT2D eigenvalue weighted by atomic mass is 16.2. The number of rotatable bonds is 4. The summed E-state index contributed by atoms with van der Waals surface area (Å²) in [5.74, 6) is -0.520. The molecule has 1 heterocycles. The number of hydrogen-bond donors (Lipinski definition) is 3. The summed E-state index contributed by atoms with van der Waals surface area (Å²) in [6, 6.07) is 6.05. The number of aromatic nitrogens is 2. The predicted octanol–water partition coefficient (Wildman–Crippen LogP) is 1.02. The van der Waals surface area contributed by atoms with Crippen molar-refractivity contribution in [3.63, 3.8) is 0 Å². The number of nitrogens with one attached hydrogen (secondary N) is 2. The minimum Gasteiger partial charge on any atom is -0.326 e. The van der Waals surface area contributed by atoms with Crippen LogP contribution in [0.4, 0.5) is 11.4 Å². The molecule has 4 N–H and O–H groups in total. The van der Waals surface area contributed by atoms with Gasteiger partial charge in [0.05, 0.1) is 6.20 Å². The van der Waals surface area contributed by atoms with E-state index < -0.39 is 6.04 Å². The molecule has 0 radical (unpaired) electrons. The van der Waals surface area contributed by atoms with Gasteiger partial charge in [0.15, 0.2) is 0 Å². The van der Waals surface area contributed by atoms with E-state index in [9.17, 15) is 9.59 Å². The first-order valence-electron chi connectivity index (χ1n) is 6.38. The Morgan fingerprint density at radius 2 is 1.95 bits per heavy atom. The van der Waals surface area contributed by atoms with Crippen LogP contribution in [0.5, 0.6) is 0 Å². The molecule has 2 amide bonds. The molecule has 2 rings (SSSR count). The zero-order chi connectivity index (χ0) is 15.4. The van der Waals surface area contributed by atoms with E-state index in [1.807, 2.05) is 0 Å². The van der Waals surface area contributed by atoms with Crippen molar-refractivity contribution in [2.24, 2.45) is 12.8 Å². The maximum absolute atomic E-state index is 12.1. The van der Waals surface area contributed by atoms with Crippen molar-refractivity contribution in [1.29, 1.82) is 0 Å². The second-order valence-corrected chi connectivity index (χ2v) is 4.68. The summed E-state index contributed by atoms with van der Waals surface area (Å²) < 4.78 is 1.58. The molecule has 110 valence electrons. The Morgan fingerprint density at radius 1 is 1.29 bits per heavy atom. The van der Waals surface area contributed by atoms with Crippen LogP contribution in [-0.4, -0.2) is 21.6 Å². The highest BCUT2D eigenvalue weighted by Crippen LogP contribution is 2.17. The van der Waals surface area contributed by atoms with Crippen LogP contribution < -0.4 is 16.4 Å². The van der Waals surface area contributed by atoms with E-state index in [4.69, 9.17) is 5.73 Å². The Morgan fingerprint density at radius 3 is 2.52 bits per heavy atom. The Balaban J connectivity index is 2.07. The number of carbonyl (C=O) groups is 2. The molecule has 0 saturated carbocycles. The summed E-state index contributed by atoms with van der Waals surface area (Å²) in [6.45, 7) is 1.42. The number of carbonyl (C=O) groups excluding carboxylic acids is 2. The van der Waals surface area contributed by atoms with Gasteiger partial charge in [-0.05, 0) is 18.2 Å². The van der Waals surface area contributed by atoms with E-state index in [1.165, 1.54) is 6.92 Å². The quantitative estimate of drug-likeness (QED) is 0.781. The standard InChI is InChI=1S/C14H17N5O2/c1-9(20)17-11-4-3-5-12(6-11)18-14(21)13(15)10-7-16-19(2)8-10/h3-8,13H,15H2,1-2H3,(H,17,20)(H,18,21). The summed E-state index contributed by atoms with van der Waals surface area (Å²) in [6.07, 6.45) is 3.25. The summed E-state index contributed by atoms with van der Waals surface area (Å²) >= 11 is 0. The zero-order valence-electron chi connectivity index (χ0n) is 11.8. The molecule has 1 atom stereocenters. The van der Waals surface area contributed by atoms with Gasteiger partial charge in [-0.15, -0.1) is 0 Å². The van der Waals surface area contributed by atoms with Crippen molar-refractivity contribution in [3.05, 3.63) is 42.2 Å². The molecule has 1 aromatic heterocycles. The fraction of sp³-hybridized carbons (Fsp3) is 0.214. The van der Waals surface area contributed by atoms with E-state index in [0.29, 0.717) is 16.9 Å². The van der Waals surface area contributed by atoms with Gasteiger partial charge < -0.3 is 16.4 Å². The van der Waals surface area contributed by atoms with Gasteiger partial charge in [0.2, 0.25) is 11.8 Å². The lowest BCUT2D eigenvalue weighted by atomic mass is 10.1. The third-order valence-corrected chi connectivity index (χ3v) is 2.82. The number of benzene rings is 1. The highest BCUT2D eigenvalue weighted by Gasteiger charge is 2.17. The number of hydrogen-bond acceptors (Lipinski definition) is 4. The van der Waals surface area contributed by atoms with Crippen LogP contribution in [0.2, 0.25) is 0 Å². The maximum atomic E-state index is 12.1. The van der Waals surface area contributed by atoms with Crippen LogP contribution in [0.25, 0.3) is 0 Å². The van der Waals surface area contributed by atoms with Gasteiger partial charge in [-0.25, -0.2) is 0 Å². The largest absolute Gasteiger partial charge is 0.326 e. The average molecular weight is 287 g/mol. The molecule has 0 aliphatic rings. The van der Waals surface area contributed by atoms with E-state index >= 15 is 0 Å². The van der Waals surface area contributed by atoms with Gasteiger partial charge in [-0.1, -0.05) is 6.07 Å². The van der Waals surface area contributed by atoms with Crippen molar-refractivity contribution in [2.75, 3.05) is 10.6 Å². The summed E-state index contributed by atoms with van der Waals surface area (Å²) in [5, 5.41) is 9.34. The predicted molar refractivity (Wildman–Crippen MR) is 79.5 cm³/mol. The first-order chi connectivity index (χ1) is 9.95. The Hall–Kier alpha value is -2.67. The van der Waals surface area contributed by atoms with Crippen LogP contribution in [0, 0.1) is 0 Å². The van der Waals surface area contributed by atoms with Crippen molar-refractivity contribution in [2.45, 2.75) is 13.0 Å². The summed E-state index contributed by atoms with van der Waals surface area (Å²) in [4.78, 5) is 23.1. The summed E-state index contributed by atoms with van der Waals surface area (Å²) in [5.41, 5.74) is 7.68. The number of nitrogens with zero attached hydrogens (tertiary/aromatic N) is 2. The summed E-state index contributed by atoms with van der Waals surface area (Å²) in [7, 11) is 1.75. The second-order valence-electron chi connectivity index (χ2n) is 4.68. The molecule has 1 aromatic carbocycles. The molecular formula is C14H17N5O2. The Labute approximate surface area is 122 Å². The van der Waals surface area contributed by atoms with Crippen molar-refractivity contribution in [3.8, 4) is 0 Å². The van der Waals surface area contributed by atoms with E-state index in [1.54, 1.807) is 48.4 Å². The zero-order valence-corrected chi connectivity index (χ0v) is 11.8. The number of anilines is 2. The highest BCUT2D eigenvalue weighted by molar-refractivity contribution is 5.96. The molecule has 2 aromatic rings. The Kier molecular flexibility index (Phi) is 4.34. The first-order valence-corrected chi connectivity index (χ1v) is 6.38. The van der Waals surface area contributed by atoms with E-state index in [0.717, 1.165) is 0 Å². The van der Waals surface area contributed by atoms with Gasteiger partial charge in [-0.2, -0.15) is 5.10 Å². The third kappa shape index (κ3) is 3.90. The first kappa shape index (κ1) is 14.7. The lowest BCUT2D eigenvalue weighted by Crippen LogP contribution is -2.27.